The number of hydrogen-bond acceptors (Lipinski definition) is 2. The topological polar surface area (TPSA) is 49.3 Å². The fourth-order valence-corrected chi connectivity index (χ4v) is 1.19. The molecule has 15 heavy (non-hydrogen) atoms. The van der Waals surface area contributed by atoms with Crippen LogP contribution in [0.25, 0.3) is 0 Å². The highest BCUT2D eigenvalue weighted by atomic mass is 35.5. The monoisotopic (exact) mass is 231 g/mol. The zero-order valence-corrected chi connectivity index (χ0v) is 8.88. The van der Waals surface area contributed by atoms with E-state index in [9.17, 15) is 9.18 Å². The van der Waals surface area contributed by atoms with Crippen molar-refractivity contribution < 1.29 is 14.3 Å². The summed E-state index contributed by atoms with van der Waals surface area (Å²) in [4.78, 5) is 11.5. The summed E-state index contributed by atoms with van der Waals surface area (Å²) in [6.45, 7) is 1.41. The molecule has 3 nitrogen and oxygen atoms in total. The summed E-state index contributed by atoms with van der Waals surface area (Å²) < 4.78 is 13.2. The first-order valence-corrected chi connectivity index (χ1v) is 4.79. The Balaban J connectivity index is 2.86. The summed E-state index contributed by atoms with van der Waals surface area (Å²) in [6, 6.07) is 3.32. The minimum atomic E-state index is -0.637. The van der Waals surface area contributed by atoms with Crippen LogP contribution in [0.4, 0.5) is 4.39 Å². The zero-order valence-electron chi connectivity index (χ0n) is 8.13. The number of hydrogen-bond donors (Lipinski definition) is 2. The molecule has 82 valence electrons. The lowest BCUT2D eigenvalue weighted by atomic mass is 10.2. The van der Waals surface area contributed by atoms with E-state index in [0.29, 0.717) is 5.02 Å². The Labute approximate surface area is 91.9 Å². The predicted octanol–water partition coefficient (Wildman–Crippen LogP) is 1.59. The van der Waals surface area contributed by atoms with Crippen LogP contribution in [0.3, 0.4) is 0 Å². The first-order valence-electron chi connectivity index (χ1n) is 4.41. The second-order valence-corrected chi connectivity index (χ2v) is 3.62. The third-order valence-electron chi connectivity index (χ3n) is 1.82. The lowest BCUT2D eigenvalue weighted by Gasteiger charge is -2.11. The number of carbonyl (C=O) groups excluding carboxylic acids is 1. The average molecular weight is 232 g/mol. The van der Waals surface area contributed by atoms with Gasteiger partial charge in [0, 0.05) is 11.1 Å². The lowest BCUT2D eigenvalue weighted by Crippen LogP contribution is -2.35. The van der Waals surface area contributed by atoms with Crippen molar-refractivity contribution in [3.63, 3.8) is 0 Å². The summed E-state index contributed by atoms with van der Waals surface area (Å²) in [5.74, 6) is -1.22. The molecule has 2 N–H and O–H groups in total. The van der Waals surface area contributed by atoms with E-state index in [1.54, 1.807) is 6.92 Å². The van der Waals surface area contributed by atoms with E-state index in [1.807, 2.05) is 0 Å². The molecule has 0 bridgehead atoms. The van der Waals surface area contributed by atoms with E-state index in [1.165, 1.54) is 12.1 Å². The normalized spacial score (nSPS) is 12.3. The predicted molar refractivity (Wildman–Crippen MR) is 55.4 cm³/mol. The molecular formula is C10H11ClFNO2. The van der Waals surface area contributed by atoms with Crippen molar-refractivity contribution in [2.75, 3.05) is 6.61 Å². The van der Waals surface area contributed by atoms with Crippen molar-refractivity contribution in [2.45, 2.75) is 13.0 Å². The highest BCUT2D eigenvalue weighted by Crippen LogP contribution is 2.14. The summed E-state index contributed by atoms with van der Waals surface area (Å²) in [5, 5.41) is 11.4. The van der Waals surface area contributed by atoms with E-state index in [2.05, 4.69) is 5.32 Å². The molecule has 0 aromatic heterocycles. The number of nitrogens with one attached hydrogen (secondary N) is 1. The van der Waals surface area contributed by atoms with Crippen LogP contribution in [0.2, 0.25) is 5.02 Å². The van der Waals surface area contributed by atoms with E-state index < -0.39 is 17.8 Å². The molecule has 1 aromatic rings. The Morgan fingerprint density at radius 2 is 2.33 bits per heavy atom. The van der Waals surface area contributed by atoms with Crippen LogP contribution in [0.15, 0.2) is 18.2 Å². The quantitative estimate of drug-likeness (QED) is 0.830. The number of halogens is 2. The number of aliphatic hydroxyl groups excluding tert-OH is 1. The third-order valence-corrected chi connectivity index (χ3v) is 2.06. The molecule has 1 rings (SSSR count). The molecule has 0 aliphatic rings. The molecule has 0 saturated heterocycles. The SMILES string of the molecule is C[C@H](CO)NC(=O)c1cc(Cl)ccc1F. The van der Waals surface area contributed by atoms with Crippen LogP contribution < -0.4 is 5.32 Å². The Kier molecular flexibility index (Phi) is 4.05. The number of aliphatic hydroxyl groups is 1. The van der Waals surface area contributed by atoms with Gasteiger partial charge in [0.1, 0.15) is 5.82 Å². The third kappa shape index (κ3) is 3.18. The Morgan fingerprint density at radius 3 is 2.93 bits per heavy atom. The van der Waals surface area contributed by atoms with Crippen molar-refractivity contribution in [2.24, 2.45) is 0 Å². The molecule has 1 aromatic carbocycles. The number of benzene rings is 1. The maximum Gasteiger partial charge on any atom is 0.254 e. The van der Waals surface area contributed by atoms with Gasteiger partial charge in [-0.2, -0.15) is 0 Å². The van der Waals surface area contributed by atoms with Gasteiger partial charge in [-0.05, 0) is 25.1 Å². The van der Waals surface area contributed by atoms with Gasteiger partial charge in [-0.1, -0.05) is 11.6 Å². The standard InChI is InChI=1S/C10H11ClFNO2/c1-6(5-14)13-10(15)8-4-7(11)2-3-9(8)12/h2-4,6,14H,5H2,1H3,(H,13,15)/t6-/m1/s1. The summed E-state index contributed by atoms with van der Waals surface area (Å²) in [7, 11) is 0. The van der Waals surface area contributed by atoms with Gasteiger partial charge in [-0.15, -0.1) is 0 Å². The highest BCUT2D eigenvalue weighted by molar-refractivity contribution is 6.30. The maximum absolute atomic E-state index is 13.2. The number of rotatable bonds is 3. The second kappa shape index (κ2) is 5.09. The van der Waals surface area contributed by atoms with Crippen LogP contribution in [0, 0.1) is 5.82 Å². The Morgan fingerprint density at radius 1 is 1.67 bits per heavy atom. The molecule has 0 unspecified atom stereocenters. The van der Waals surface area contributed by atoms with Gasteiger partial charge in [0.25, 0.3) is 5.91 Å². The fourth-order valence-electron chi connectivity index (χ4n) is 1.02. The molecule has 0 fully saturated rings. The first-order chi connectivity index (χ1) is 7.04. The van der Waals surface area contributed by atoms with Crippen molar-refractivity contribution >= 4 is 17.5 Å². The van der Waals surface area contributed by atoms with Gasteiger partial charge >= 0.3 is 0 Å². The van der Waals surface area contributed by atoms with Crippen LogP contribution in [0.1, 0.15) is 17.3 Å². The van der Waals surface area contributed by atoms with Crippen LogP contribution >= 0.6 is 11.6 Å². The van der Waals surface area contributed by atoms with Crippen LogP contribution in [-0.2, 0) is 0 Å². The molecule has 0 aliphatic carbocycles. The van der Waals surface area contributed by atoms with E-state index in [4.69, 9.17) is 16.7 Å². The molecule has 5 heteroatoms. The zero-order chi connectivity index (χ0) is 11.4. The first kappa shape index (κ1) is 11.9. The van der Waals surface area contributed by atoms with Gasteiger partial charge in [-0.3, -0.25) is 4.79 Å². The number of amides is 1. The molecule has 0 radical (unpaired) electrons. The summed E-state index contributed by atoms with van der Waals surface area (Å²) >= 11 is 5.64. The minimum Gasteiger partial charge on any atom is -0.394 e. The smallest absolute Gasteiger partial charge is 0.254 e. The maximum atomic E-state index is 13.2. The van der Waals surface area contributed by atoms with Gasteiger partial charge in [0.05, 0.1) is 12.2 Å². The lowest BCUT2D eigenvalue weighted by molar-refractivity contribution is 0.0918. The molecule has 0 saturated carbocycles. The van der Waals surface area contributed by atoms with Crippen molar-refractivity contribution in [3.8, 4) is 0 Å². The van der Waals surface area contributed by atoms with E-state index >= 15 is 0 Å². The van der Waals surface area contributed by atoms with Crippen molar-refractivity contribution in [3.05, 3.63) is 34.6 Å². The number of carbonyl (C=O) groups is 1. The highest BCUT2D eigenvalue weighted by Gasteiger charge is 2.13. The largest absolute Gasteiger partial charge is 0.394 e. The van der Waals surface area contributed by atoms with Crippen LogP contribution in [0.5, 0.6) is 0 Å². The Hall–Kier alpha value is -1.13. The van der Waals surface area contributed by atoms with Gasteiger partial charge in [-0.25, -0.2) is 4.39 Å². The average Bonchev–Trinajstić information content (AvgIpc) is 2.21. The Bertz CT molecular complexity index is 370. The van der Waals surface area contributed by atoms with E-state index in [0.717, 1.165) is 6.07 Å². The van der Waals surface area contributed by atoms with Gasteiger partial charge in [0.15, 0.2) is 0 Å². The molecule has 0 spiro atoms. The van der Waals surface area contributed by atoms with E-state index in [-0.39, 0.29) is 12.2 Å². The summed E-state index contributed by atoms with van der Waals surface area (Å²) in [6.07, 6.45) is 0. The molecule has 1 atom stereocenters. The van der Waals surface area contributed by atoms with Gasteiger partial charge < -0.3 is 10.4 Å². The molecular weight excluding hydrogens is 221 g/mol. The fraction of sp³-hybridized carbons (Fsp3) is 0.300. The second-order valence-electron chi connectivity index (χ2n) is 3.18. The molecule has 1 amide bonds. The minimum absolute atomic E-state index is 0.122. The molecule has 0 aliphatic heterocycles. The van der Waals surface area contributed by atoms with Crippen molar-refractivity contribution in [1.82, 2.24) is 5.32 Å². The van der Waals surface area contributed by atoms with Crippen molar-refractivity contribution in [1.29, 1.82) is 0 Å². The van der Waals surface area contributed by atoms with Gasteiger partial charge in [0.2, 0.25) is 0 Å². The van der Waals surface area contributed by atoms with Crippen LogP contribution in [-0.4, -0.2) is 23.7 Å². The molecule has 0 heterocycles. The summed E-state index contributed by atoms with van der Waals surface area (Å²) in [5.41, 5.74) is -0.122.